The third kappa shape index (κ3) is 3.95. The molecule has 0 radical (unpaired) electrons. The Labute approximate surface area is 155 Å². The average Bonchev–Trinajstić information content (AvgIpc) is 2.65. The maximum atomic E-state index is 13.5. The third-order valence-corrected chi connectivity index (χ3v) is 5.42. The van der Waals surface area contributed by atoms with Gasteiger partial charge in [0.05, 0.1) is 11.7 Å². The Morgan fingerprint density at radius 3 is 2.04 bits per heavy atom. The molecule has 0 aliphatic carbocycles. The largest absolute Gasteiger partial charge is 0.503 e. The summed E-state index contributed by atoms with van der Waals surface area (Å²) in [7, 11) is 0. The first kappa shape index (κ1) is 19.7. The number of aromatic hydroxyl groups is 1. The maximum Gasteiger partial charge on any atom is 0.187 e. The van der Waals surface area contributed by atoms with E-state index in [0.717, 1.165) is 12.1 Å². The molecule has 2 aromatic rings. The van der Waals surface area contributed by atoms with Crippen molar-refractivity contribution in [2.75, 3.05) is 13.1 Å². The number of benzene rings is 2. The predicted octanol–water partition coefficient (Wildman–Crippen LogP) is 3.22. The van der Waals surface area contributed by atoms with Crippen LogP contribution in [0.5, 0.6) is 5.75 Å². The van der Waals surface area contributed by atoms with Gasteiger partial charge in [-0.05, 0) is 55.2 Å². The number of aliphatic hydroxyl groups excluding tert-OH is 1. The average molecular weight is 381 g/mol. The number of halogens is 3. The summed E-state index contributed by atoms with van der Waals surface area (Å²) in [5, 5.41) is 30.5. The van der Waals surface area contributed by atoms with Crippen LogP contribution in [0, 0.1) is 17.5 Å². The summed E-state index contributed by atoms with van der Waals surface area (Å²) in [6.07, 6.45) is -0.395. The van der Waals surface area contributed by atoms with Gasteiger partial charge in [-0.25, -0.2) is 13.2 Å². The molecule has 2 atom stereocenters. The highest BCUT2D eigenvalue weighted by atomic mass is 19.1. The van der Waals surface area contributed by atoms with E-state index in [9.17, 15) is 28.5 Å². The van der Waals surface area contributed by atoms with Gasteiger partial charge in [0, 0.05) is 19.1 Å². The number of likely N-dealkylation sites (tertiary alicyclic amines) is 1. The second-order valence-electron chi connectivity index (χ2n) is 7.09. The molecule has 4 nitrogen and oxygen atoms in total. The van der Waals surface area contributed by atoms with Crippen molar-refractivity contribution in [3.63, 3.8) is 0 Å². The molecule has 0 bridgehead atoms. The molecule has 3 N–H and O–H groups in total. The van der Waals surface area contributed by atoms with Gasteiger partial charge < -0.3 is 15.3 Å². The molecule has 0 spiro atoms. The van der Waals surface area contributed by atoms with Gasteiger partial charge >= 0.3 is 0 Å². The van der Waals surface area contributed by atoms with Crippen molar-refractivity contribution in [1.29, 1.82) is 0 Å². The van der Waals surface area contributed by atoms with E-state index in [4.69, 9.17) is 0 Å². The first-order valence-electron chi connectivity index (χ1n) is 8.80. The third-order valence-electron chi connectivity index (χ3n) is 5.42. The van der Waals surface area contributed by atoms with E-state index in [2.05, 4.69) is 0 Å². The summed E-state index contributed by atoms with van der Waals surface area (Å²) in [5.74, 6) is -3.69. The maximum absolute atomic E-state index is 13.5. The SMILES string of the molecule is C[C@H](C(O)c1cc(F)c(O)c(F)c1)N1CCC(O)(c2ccc(F)cc2)CC1. The van der Waals surface area contributed by atoms with Gasteiger partial charge in [-0.15, -0.1) is 0 Å². The summed E-state index contributed by atoms with van der Waals surface area (Å²) < 4.78 is 40.2. The first-order chi connectivity index (χ1) is 12.7. The topological polar surface area (TPSA) is 63.9 Å². The molecule has 1 fully saturated rings. The van der Waals surface area contributed by atoms with Gasteiger partial charge in [-0.2, -0.15) is 0 Å². The van der Waals surface area contributed by atoms with Crippen LogP contribution in [0.15, 0.2) is 36.4 Å². The minimum absolute atomic E-state index is 0.0367. The van der Waals surface area contributed by atoms with E-state index < -0.39 is 35.1 Å². The Balaban J connectivity index is 1.69. The second kappa shape index (κ2) is 7.50. The summed E-state index contributed by atoms with van der Waals surface area (Å²) in [6, 6.07) is 7.11. The van der Waals surface area contributed by atoms with Gasteiger partial charge in [0.2, 0.25) is 0 Å². The van der Waals surface area contributed by atoms with Crippen molar-refractivity contribution < 1.29 is 28.5 Å². The van der Waals surface area contributed by atoms with Crippen molar-refractivity contribution in [2.24, 2.45) is 0 Å². The lowest BCUT2D eigenvalue weighted by Gasteiger charge is -2.42. The van der Waals surface area contributed by atoms with Crippen LogP contribution in [0.2, 0.25) is 0 Å². The quantitative estimate of drug-likeness (QED) is 0.761. The standard InChI is InChI=1S/C20H22F3NO3/c1-12(18(25)13-10-16(22)19(26)17(23)11-13)24-8-6-20(27,7-9-24)14-2-4-15(21)5-3-14/h2-5,10-12,18,25-27H,6-9H2,1H3/t12-,18?/m1/s1. The minimum atomic E-state index is -1.16. The monoisotopic (exact) mass is 381 g/mol. The fourth-order valence-corrected chi connectivity index (χ4v) is 3.58. The van der Waals surface area contributed by atoms with Crippen LogP contribution in [-0.2, 0) is 5.60 Å². The second-order valence-corrected chi connectivity index (χ2v) is 7.09. The predicted molar refractivity (Wildman–Crippen MR) is 93.5 cm³/mol. The number of phenolic OH excluding ortho intramolecular Hbond substituents is 1. The van der Waals surface area contributed by atoms with Crippen LogP contribution in [0.3, 0.4) is 0 Å². The summed E-state index contributed by atoms with van der Waals surface area (Å²) in [4.78, 5) is 1.92. The van der Waals surface area contributed by atoms with Gasteiger partial charge in [-0.1, -0.05) is 12.1 Å². The fraction of sp³-hybridized carbons (Fsp3) is 0.400. The van der Waals surface area contributed by atoms with Crippen LogP contribution in [0.4, 0.5) is 13.2 Å². The summed E-state index contributed by atoms with van der Waals surface area (Å²) >= 11 is 0. The molecular formula is C20H22F3NO3. The molecule has 3 rings (SSSR count). The molecule has 1 unspecified atom stereocenters. The summed E-state index contributed by atoms with van der Waals surface area (Å²) in [6.45, 7) is 2.64. The zero-order valence-corrected chi connectivity index (χ0v) is 14.9. The lowest BCUT2D eigenvalue weighted by Crippen LogP contribution is -2.47. The van der Waals surface area contributed by atoms with Crippen molar-refractivity contribution in [3.05, 3.63) is 65.0 Å². The molecular weight excluding hydrogens is 359 g/mol. The zero-order chi connectivity index (χ0) is 19.8. The number of nitrogens with zero attached hydrogens (tertiary/aromatic N) is 1. The molecule has 1 saturated heterocycles. The fourth-order valence-electron chi connectivity index (χ4n) is 3.58. The highest BCUT2D eigenvalue weighted by molar-refractivity contribution is 5.32. The van der Waals surface area contributed by atoms with Crippen LogP contribution >= 0.6 is 0 Å². The number of aliphatic hydroxyl groups is 2. The molecule has 146 valence electrons. The normalized spacial score (nSPS) is 19.6. The number of piperidine rings is 1. The van der Waals surface area contributed by atoms with E-state index in [-0.39, 0.29) is 11.4 Å². The van der Waals surface area contributed by atoms with E-state index in [1.165, 1.54) is 12.1 Å². The molecule has 2 aromatic carbocycles. The molecule has 1 heterocycles. The number of rotatable bonds is 4. The molecule has 0 aromatic heterocycles. The van der Waals surface area contributed by atoms with E-state index >= 15 is 0 Å². The molecule has 27 heavy (non-hydrogen) atoms. The molecule has 1 aliphatic heterocycles. The minimum Gasteiger partial charge on any atom is -0.503 e. The molecule has 0 saturated carbocycles. The highest BCUT2D eigenvalue weighted by Crippen LogP contribution is 2.35. The number of phenols is 1. The molecule has 0 amide bonds. The van der Waals surface area contributed by atoms with Gasteiger partial charge in [-0.3, -0.25) is 4.90 Å². The van der Waals surface area contributed by atoms with Crippen molar-refractivity contribution in [1.82, 2.24) is 4.90 Å². The smallest absolute Gasteiger partial charge is 0.187 e. The Morgan fingerprint density at radius 1 is 1.00 bits per heavy atom. The lowest BCUT2D eigenvalue weighted by molar-refractivity contribution is -0.0502. The van der Waals surface area contributed by atoms with Gasteiger partial charge in [0.25, 0.3) is 0 Å². The highest BCUT2D eigenvalue weighted by Gasteiger charge is 2.36. The lowest BCUT2D eigenvalue weighted by atomic mass is 9.83. The van der Waals surface area contributed by atoms with Crippen LogP contribution in [-0.4, -0.2) is 39.4 Å². The van der Waals surface area contributed by atoms with Crippen LogP contribution < -0.4 is 0 Å². The van der Waals surface area contributed by atoms with Gasteiger partial charge in [0.15, 0.2) is 17.4 Å². The molecule has 1 aliphatic rings. The Kier molecular flexibility index (Phi) is 5.46. The van der Waals surface area contributed by atoms with Crippen LogP contribution in [0.25, 0.3) is 0 Å². The zero-order valence-electron chi connectivity index (χ0n) is 14.9. The Bertz CT molecular complexity index is 782. The number of hydrogen-bond acceptors (Lipinski definition) is 4. The molecule has 7 heteroatoms. The summed E-state index contributed by atoms with van der Waals surface area (Å²) in [5.41, 5.74) is -0.403. The van der Waals surface area contributed by atoms with Crippen molar-refractivity contribution in [3.8, 4) is 5.75 Å². The van der Waals surface area contributed by atoms with Crippen molar-refractivity contribution in [2.45, 2.75) is 37.5 Å². The van der Waals surface area contributed by atoms with E-state index in [0.29, 0.717) is 31.5 Å². The van der Waals surface area contributed by atoms with E-state index in [1.807, 2.05) is 4.90 Å². The Morgan fingerprint density at radius 2 is 1.52 bits per heavy atom. The van der Waals surface area contributed by atoms with Crippen LogP contribution in [0.1, 0.15) is 37.0 Å². The van der Waals surface area contributed by atoms with Crippen molar-refractivity contribution >= 4 is 0 Å². The van der Waals surface area contributed by atoms with E-state index in [1.54, 1.807) is 19.1 Å². The first-order valence-corrected chi connectivity index (χ1v) is 8.80. The Hall–Kier alpha value is -2.09. The number of hydrogen-bond donors (Lipinski definition) is 3. The van der Waals surface area contributed by atoms with Gasteiger partial charge in [0.1, 0.15) is 5.82 Å².